The highest BCUT2D eigenvalue weighted by Gasteiger charge is 2.08. The lowest BCUT2D eigenvalue weighted by Crippen LogP contribution is -2.29. The molecule has 0 fully saturated rings. The average Bonchev–Trinajstić information content (AvgIpc) is 2.15. The highest BCUT2D eigenvalue weighted by molar-refractivity contribution is 5.31. The Balaban J connectivity index is 2.88. The second-order valence-electron chi connectivity index (χ2n) is 3.73. The Morgan fingerprint density at radius 1 is 1.53 bits per heavy atom. The molecule has 0 bridgehead atoms. The smallest absolute Gasteiger partial charge is 0.225 e. The van der Waals surface area contributed by atoms with Crippen molar-refractivity contribution in [2.75, 3.05) is 18.5 Å². The van der Waals surface area contributed by atoms with Crippen LogP contribution in [-0.4, -0.2) is 34.8 Å². The molecule has 0 spiro atoms. The van der Waals surface area contributed by atoms with Gasteiger partial charge in [-0.1, -0.05) is 0 Å². The number of likely N-dealkylation sites (N-methyl/N-ethyl adjacent to an activating group) is 1. The number of aromatic nitrogens is 2. The molecule has 3 N–H and O–H groups in total. The van der Waals surface area contributed by atoms with Crippen molar-refractivity contribution in [2.45, 2.75) is 26.5 Å². The molecule has 0 amide bonds. The van der Waals surface area contributed by atoms with Gasteiger partial charge in [0.2, 0.25) is 5.95 Å². The molecular formula is C10H18N4O. The first-order chi connectivity index (χ1) is 7.02. The number of aryl methyl sites for hydroxylation is 1. The number of nitrogens with zero attached hydrogens (tertiary/aromatic N) is 3. The molecule has 1 unspecified atom stereocenters. The van der Waals surface area contributed by atoms with E-state index in [0.29, 0.717) is 19.0 Å². The van der Waals surface area contributed by atoms with Crippen LogP contribution in [0.2, 0.25) is 0 Å². The van der Waals surface area contributed by atoms with E-state index in [1.807, 2.05) is 24.9 Å². The fourth-order valence-corrected chi connectivity index (χ4v) is 1.37. The largest absolute Gasteiger partial charge is 0.392 e. The summed E-state index contributed by atoms with van der Waals surface area (Å²) in [5, 5.41) is 9.26. The molecule has 1 aromatic heterocycles. The second kappa shape index (κ2) is 5.04. The van der Waals surface area contributed by atoms with Crippen LogP contribution in [0.25, 0.3) is 0 Å². The third-order valence-corrected chi connectivity index (χ3v) is 1.98. The number of hydrogen-bond acceptors (Lipinski definition) is 5. The fraction of sp³-hybridized carbons (Fsp3) is 0.600. The van der Waals surface area contributed by atoms with Gasteiger partial charge in [-0.3, -0.25) is 0 Å². The third-order valence-electron chi connectivity index (χ3n) is 1.98. The van der Waals surface area contributed by atoms with E-state index >= 15 is 0 Å². The van der Waals surface area contributed by atoms with Crippen LogP contribution in [0.5, 0.6) is 0 Å². The van der Waals surface area contributed by atoms with E-state index in [9.17, 15) is 5.11 Å². The Morgan fingerprint density at radius 2 is 2.20 bits per heavy atom. The first-order valence-electron chi connectivity index (χ1n) is 4.96. The van der Waals surface area contributed by atoms with E-state index in [0.717, 1.165) is 11.4 Å². The van der Waals surface area contributed by atoms with Crippen LogP contribution < -0.4 is 10.6 Å². The van der Waals surface area contributed by atoms with E-state index < -0.39 is 6.10 Å². The van der Waals surface area contributed by atoms with Gasteiger partial charge >= 0.3 is 0 Å². The van der Waals surface area contributed by atoms with Crippen molar-refractivity contribution in [3.05, 3.63) is 17.5 Å². The van der Waals surface area contributed by atoms with Gasteiger partial charge in [0.05, 0.1) is 11.8 Å². The van der Waals surface area contributed by atoms with Gasteiger partial charge in [0.25, 0.3) is 0 Å². The summed E-state index contributed by atoms with van der Waals surface area (Å²) < 4.78 is 0. The molecule has 0 aliphatic carbocycles. The van der Waals surface area contributed by atoms with Crippen LogP contribution >= 0.6 is 0 Å². The third kappa shape index (κ3) is 3.45. The zero-order chi connectivity index (χ0) is 11.4. The van der Waals surface area contributed by atoms with Crippen LogP contribution in [0, 0.1) is 6.92 Å². The van der Waals surface area contributed by atoms with E-state index in [-0.39, 0.29) is 0 Å². The fourth-order valence-electron chi connectivity index (χ4n) is 1.37. The molecule has 1 rings (SSSR count). The maximum atomic E-state index is 9.26. The van der Waals surface area contributed by atoms with Crippen molar-refractivity contribution >= 4 is 5.95 Å². The highest BCUT2D eigenvalue weighted by atomic mass is 16.3. The van der Waals surface area contributed by atoms with Crippen LogP contribution in [0.4, 0.5) is 5.95 Å². The van der Waals surface area contributed by atoms with Crippen LogP contribution in [0.3, 0.4) is 0 Å². The first kappa shape index (κ1) is 11.9. The van der Waals surface area contributed by atoms with Gasteiger partial charge in [-0.05, 0) is 19.9 Å². The van der Waals surface area contributed by atoms with Gasteiger partial charge in [0, 0.05) is 25.8 Å². The molecule has 1 atom stereocenters. The van der Waals surface area contributed by atoms with E-state index in [1.54, 1.807) is 6.92 Å². The molecule has 0 saturated heterocycles. The van der Waals surface area contributed by atoms with Gasteiger partial charge in [-0.2, -0.15) is 0 Å². The molecule has 5 heteroatoms. The lowest BCUT2D eigenvalue weighted by Gasteiger charge is -2.19. The summed E-state index contributed by atoms with van der Waals surface area (Å²) in [4.78, 5) is 10.4. The number of rotatable bonds is 4. The van der Waals surface area contributed by atoms with Crippen molar-refractivity contribution < 1.29 is 5.11 Å². The van der Waals surface area contributed by atoms with Gasteiger partial charge in [0.1, 0.15) is 0 Å². The first-order valence-corrected chi connectivity index (χ1v) is 4.96. The van der Waals surface area contributed by atoms with Crippen LogP contribution in [0.15, 0.2) is 6.07 Å². The Morgan fingerprint density at radius 3 is 2.73 bits per heavy atom. The second-order valence-corrected chi connectivity index (χ2v) is 3.73. The monoisotopic (exact) mass is 210 g/mol. The summed E-state index contributed by atoms with van der Waals surface area (Å²) in [6, 6.07) is 1.86. The van der Waals surface area contributed by atoms with Crippen LogP contribution in [-0.2, 0) is 6.54 Å². The molecule has 1 aromatic rings. The zero-order valence-corrected chi connectivity index (χ0v) is 9.44. The molecular weight excluding hydrogens is 192 g/mol. The quantitative estimate of drug-likeness (QED) is 0.735. The molecule has 1 heterocycles. The Kier molecular flexibility index (Phi) is 3.99. The number of hydrogen-bond donors (Lipinski definition) is 2. The van der Waals surface area contributed by atoms with Gasteiger partial charge < -0.3 is 15.7 Å². The lowest BCUT2D eigenvalue weighted by atomic mass is 10.3. The molecule has 0 radical (unpaired) electrons. The summed E-state index contributed by atoms with van der Waals surface area (Å²) in [5.41, 5.74) is 7.23. The van der Waals surface area contributed by atoms with E-state index in [1.165, 1.54) is 0 Å². The van der Waals surface area contributed by atoms with Gasteiger partial charge in [-0.15, -0.1) is 0 Å². The number of anilines is 1. The zero-order valence-electron chi connectivity index (χ0n) is 9.44. The van der Waals surface area contributed by atoms with Gasteiger partial charge in [-0.25, -0.2) is 9.97 Å². The number of aliphatic hydroxyl groups is 1. The van der Waals surface area contributed by atoms with E-state index in [4.69, 9.17) is 5.73 Å². The Hall–Kier alpha value is -1.20. The predicted molar refractivity (Wildman–Crippen MR) is 59.6 cm³/mol. The standard InChI is InChI=1S/C10H18N4O/c1-7-4-9(5-11)13-10(12-7)14(3)6-8(2)15/h4,8,15H,5-6,11H2,1-3H3. The summed E-state index contributed by atoms with van der Waals surface area (Å²) >= 11 is 0. The number of nitrogens with two attached hydrogens (primary N) is 1. The lowest BCUT2D eigenvalue weighted by molar-refractivity contribution is 0.201. The topological polar surface area (TPSA) is 75.3 Å². The van der Waals surface area contributed by atoms with E-state index in [2.05, 4.69) is 9.97 Å². The molecule has 84 valence electrons. The molecule has 0 aliphatic heterocycles. The normalized spacial score (nSPS) is 12.6. The Bertz CT molecular complexity index is 327. The highest BCUT2D eigenvalue weighted by Crippen LogP contribution is 2.08. The molecule has 0 saturated carbocycles. The summed E-state index contributed by atoms with van der Waals surface area (Å²) in [6.07, 6.45) is -0.402. The van der Waals surface area contributed by atoms with Crippen molar-refractivity contribution in [1.82, 2.24) is 9.97 Å². The molecule has 0 aliphatic rings. The minimum Gasteiger partial charge on any atom is -0.392 e. The maximum Gasteiger partial charge on any atom is 0.225 e. The predicted octanol–water partition coefficient (Wildman–Crippen LogP) is 0.0607. The van der Waals surface area contributed by atoms with Crippen molar-refractivity contribution in [3.8, 4) is 0 Å². The minimum absolute atomic E-state index is 0.402. The molecule has 0 aromatic carbocycles. The minimum atomic E-state index is -0.402. The summed E-state index contributed by atoms with van der Waals surface area (Å²) in [5.74, 6) is 0.608. The maximum absolute atomic E-state index is 9.26. The van der Waals surface area contributed by atoms with Crippen molar-refractivity contribution in [3.63, 3.8) is 0 Å². The average molecular weight is 210 g/mol. The molecule has 5 nitrogen and oxygen atoms in total. The van der Waals surface area contributed by atoms with Gasteiger partial charge in [0.15, 0.2) is 0 Å². The van der Waals surface area contributed by atoms with Crippen molar-refractivity contribution in [1.29, 1.82) is 0 Å². The summed E-state index contributed by atoms with van der Waals surface area (Å²) in [6.45, 7) is 4.54. The van der Waals surface area contributed by atoms with Crippen molar-refractivity contribution in [2.24, 2.45) is 5.73 Å². The number of aliphatic hydroxyl groups excluding tert-OH is 1. The SMILES string of the molecule is Cc1cc(CN)nc(N(C)CC(C)O)n1. The van der Waals surface area contributed by atoms with Crippen LogP contribution in [0.1, 0.15) is 18.3 Å². The summed E-state index contributed by atoms with van der Waals surface area (Å²) in [7, 11) is 1.85. The Labute approximate surface area is 90.0 Å². The molecule has 15 heavy (non-hydrogen) atoms.